The number of hydrogen-bond acceptors (Lipinski definition) is 4. The molecule has 0 saturated carbocycles. The van der Waals surface area contributed by atoms with Gasteiger partial charge in [0.1, 0.15) is 5.60 Å². The average molecular weight is 307 g/mol. The van der Waals surface area contributed by atoms with Crippen molar-refractivity contribution in [2.24, 2.45) is 4.99 Å². The number of rotatable bonds is 6. The van der Waals surface area contributed by atoms with Crippen molar-refractivity contribution in [3.05, 3.63) is 40.3 Å². The highest BCUT2D eigenvalue weighted by Gasteiger charge is 2.24. The number of nitrogens with zero attached hydrogens (tertiary/aromatic N) is 2. The first kappa shape index (κ1) is 15.5. The first-order valence-electron chi connectivity index (χ1n) is 6.88. The van der Waals surface area contributed by atoms with Gasteiger partial charge in [-0.3, -0.25) is 5.10 Å². The SMILES string of the molecule is CCNC(=NCc1ccn[nH]1)NCC(C)(O)c1cccs1. The van der Waals surface area contributed by atoms with E-state index in [4.69, 9.17) is 0 Å². The summed E-state index contributed by atoms with van der Waals surface area (Å²) < 4.78 is 0. The molecule has 2 aromatic rings. The molecule has 0 aromatic carbocycles. The van der Waals surface area contributed by atoms with Crippen LogP contribution < -0.4 is 10.6 Å². The van der Waals surface area contributed by atoms with E-state index in [1.165, 1.54) is 0 Å². The summed E-state index contributed by atoms with van der Waals surface area (Å²) in [5, 5.41) is 25.5. The molecule has 2 aromatic heterocycles. The summed E-state index contributed by atoms with van der Waals surface area (Å²) in [4.78, 5) is 5.39. The van der Waals surface area contributed by atoms with Crippen LogP contribution in [0.2, 0.25) is 0 Å². The van der Waals surface area contributed by atoms with E-state index < -0.39 is 5.60 Å². The van der Waals surface area contributed by atoms with Gasteiger partial charge in [-0.1, -0.05) is 6.07 Å². The Morgan fingerprint density at radius 3 is 2.95 bits per heavy atom. The molecule has 21 heavy (non-hydrogen) atoms. The van der Waals surface area contributed by atoms with Gasteiger partial charge in [0, 0.05) is 17.6 Å². The maximum Gasteiger partial charge on any atom is 0.191 e. The van der Waals surface area contributed by atoms with Crippen LogP contribution in [0.5, 0.6) is 0 Å². The number of guanidine groups is 1. The van der Waals surface area contributed by atoms with Crippen molar-refractivity contribution in [2.45, 2.75) is 26.0 Å². The zero-order valence-corrected chi connectivity index (χ0v) is 13.1. The summed E-state index contributed by atoms with van der Waals surface area (Å²) in [6.45, 7) is 5.46. The topological polar surface area (TPSA) is 85.3 Å². The lowest BCUT2D eigenvalue weighted by Crippen LogP contribution is -2.44. The molecule has 6 nitrogen and oxygen atoms in total. The average Bonchev–Trinajstić information content (AvgIpc) is 3.14. The molecule has 0 aliphatic heterocycles. The van der Waals surface area contributed by atoms with E-state index in [-0.39, 0.29) is 0 Å². The van der Waals surface area contributed by atoms with Gasteiger partial charge in [0.15, 0.2) is 5.96 Å². The molecule has 7 heteroatoms. The quantitative estimate of drug-likeness (QED) is 0.480. The van der Waals surface area contributed by atoms with Gasteiger partial charge in [-0.05, 0) is 31.4 Å². The van der Waals surface area contributed by atoms with Crippen molar-refractivity contribution in [1.29, 1.82) is 0 Å². The summed E-state index contributed by atoms with van der Waals surface area (Å²) in [6, 6.07) is 5.75. The van der Waals surface area contributed by atoms with E-state index in [1.807, 2.05) is 30.5 Å². The highest BCUT2D eigenvalue weighted by atomic mass is 32.1. The van der Waals surface area contributed by atoms with E-state index >= 15 is 0 Å². The van der Waals surface area contributed by atoms with Crippen LogP contribution in [0.3, 0.4) is 0 Å². The minimum Gasteiger partial charge on any atom is -0.383 e. The molecule has 0 aliphatic carbocycles. The smallest absolute Gasteiger partial charge is 0.191 e. The number of hydrogen-bond donors (Lipinski definition) is 4. The summed E-state index contributed by atoms with van der Waals surface area (Å²) in [5.41, 5.74) is 0.0236. The number of thiophene rings is 1. The van der Waals surface area contributed by atoms with Crippen LogP contribution in [0, 0.1) is 0 Å². The van der Waals surface area contributed by atoms with E-state index in [9.17, 15) is 5.11 Å². The first-order chi connectivity index (χ1) is 10.1. The highest BCUT2D eigenvalue weighted by molar-refractivity contribution is 7.10. The summed E-state index contributed by atoms with van der Waals surface area (Å²) in [6.07, 6.45) is 1.70. The number of H-pyrrole nitrogens is 1. The maximum absolute atomic E-state index is 10.5. The van der Waals surface area contributed by atoms with Crippen molar-refractivity contribution >= 4 is 17.3 Å². The minimum absolute atomic E-state index is 0.391. The molecule has 0 radical (unpaired) electrons. The van der Waals surface area contributed by atoms with E-state index in [1.54, 1.807) is 24.5 Å². The summed E-state index contributed by atoms with van der Waals surface area (Å²) in [5.74, 6) is 0.670. The van der Waals surface area contributed by atoms with E-state index in [2.05, 4.69) is 25.8 Å². The zero-order chi connectivity index (χ0) is 15.1. The van der Waals surface area contributed by atoms with Gasteiger partial charge in [-0.2, -0.15) is 5.10 Å². The largest absolute Gasteiger partial charge is 0.383 e. The Bertz CT molecular complexity index is 548. The number of nitrogens with one attached hydrogen (secondary N) is 3. The second kappa shape index (κ2) is 7.24. The summed E-state index contributed by atoms with van der Waals surface area (Å²) in [7, 11) is 0. The van der Waals surface area contributed by atoms with Gasteiger partial charge in [-0.15, -0.1) is 11.3 Å². The molecule has 0 saturated heterocycles. The molecule has 0 bridgehead atoms. The van der Waals surface area contributed by atoms with Crippen molar-refractivity contribution in [2.75, 3.05) is 13.1 Å². The molecule has 1 unspecified atom stereocenters. The van der Waals surface area contributed by atoms with Crippen molar-refractivity contribution < 1.29 is 5.11 Å². The number of aliphatic imine (C=N–C) groups is 1. The Labute approximate surface area is 128 Å². The fourth-order valence-corrected chi connectivity index (χ4v) is 2.59. The van der Waals surface area contributed by atoms with Gasteiger partial charge in [0.2, 0.25) is 0 Å². The minimum atomic E-state index is -0.918. The van der Waals surface area contributed by atoms with Crippen LogP contribution in [0.1, 0.15) is 24.4 Å². The van der Waals surface area contributed by atoms with Crippen LogP contribution in [0.15, 0.2) is 34.8 Å². The summed E-state index contributed by atoms with van der Waals surface area (Å²) >= 11 is 1.54. The Morgan fingerprint density at radius 2 is 2.33 bits per heavy atom. The molecule has 4 N–H and O–H groups in total. The molecule has 0 spiro atoms. The normalized spacial score (nSPS) is 14.7. The monoisotopic (exact) mass is 307 g/mol. The fraction of sp³-hybridized carbons (Fsp3) is 0.429. The van der Waals surface area contributed by atoms with Crippen LogP contribution in [0.4, 0.5) is 0 Å². The Morgan fingerprint density at radius 1 is 1.48 bits per heavy atom. The molecular formula is C14H21N5OS. The fourth-order valence-electron chi connectivity index (χ4n) is 1.81. The molecular weight excluding hydrogens is 286 g/mol. The Hall–Kier alpha value is -1.86. The van der Waals surface area contributed by atoms with E-state index in [0.29, 0.717) is 19.0 Å². The molecule has 1 atom stereocenters. The van der Waals surface area contributed by atoms with Crippen LogP contribution in [-0.2, 0) is 12.1 Å². The third-order valence-corrected chi connectivity index (χ3v) is 4.09. The Balaban J connectivity index is 1.95. The lowest BCUT2D eigenvalue weighted by Gasteiger charge is -2.23. The third kappa shape index (κ3) is 4.57. The lowest BCUT2D eigenvalue weighted by molar-refractivity contribution is 0.0655. The highest BCUT2D eigenvalue weighted by Crippen LogP contribution is 2.24. The predicted molar refractivity (Wildman–Crippen MR) is 85.3 cm³/mol. The van der Waals surface area contributed by atoms with Gasteiger partial charge in [0.25, 0.3) is 0 Å². The second-order valence-corrected chi connectivity index (χ2v) is 5.83. The molecule has 0 aliphatic rings. The number of aliphatic hydroxyl groups is 1. The van der Waals surface area contributed by atoms with Crippen LogP contribution in [-0.4, -0.2) is 34.4 Å². The maximum atomic E-state index is 10.5. The molecule has 0 fully saturated rings. The lowest BCUT2D eigenvalue weighted by atomic mass is 10.1. The molecule has 0 amide bonds. The third-order valence-electron chi connectivity index (χ3n) is 2.96. The number of aromatic nitrogens is 2. The van der Waals surface area contributed by atoms with Crippen LogP contribution >= 0.6 is 11.3 Å². The van der Waals surface area contributed by atoms with Gasteiger partial charge in [0.05, 0.1) is 18.8 Å². The van der Waals surface area contributed by atoms with Gasteiger partial charge >= 0.3 is 0 Å². The van der Waals surface area contributed by atoms with Gasteiger partial charge < -0.3 is 15.7 Å². The first-order valence-corrected chi connectivity index (χ1v) is 7.76. The Kier molecular flexibility index (Phi) is 5.35. The standard InChI is InChI=1S/C14H21N5OS/c1-3-15-13(16-9-11-6-7-18-19-11)17-10-14(2,20)12-5-4-8-21-12/h4-8,20H,3,9-10H2,1-2H3,(H,18,19)(H2,15,16,17). The van der Waals surface area contributed by atoms with Crippen LogP contribution in [0.25, 0.3) is 0 Å². The molecule has 114 valence electrons. The number of aromatic amines is 1. The van der Waals surface area contributed by atoms with Crippen molar-refractivity contribution in [3.8, 4) is 0 Å². The van der Waals surface area contributed by atoms with Crippen molar-refractivity contribution in [1.82, 2.24) is 20.8 Å². The second-order valence-electron chi connectivity index (χ2n) is 4.88. The molecule has 2 rings (SSSR count). The molecule has 2 heterocycles. The predicted octanol–water partition coefficient (Wildman–Crippen LogP) is 1.43. The zero-order valence-electron chi connectivity index (χ0n) is 12.3. The van der Waals surface area contributed by atoms with Gasteiger partial charge in [-0.25, -0.2) is 4.99 Å². The van der Waals surface area contributed by atoms with Crippen molar-refractivity contribution in [3.63, 3.8) is 0 Å². The van der Waals surface area contributed by atoms with E-state index in [0.717, 1.165) is 17.1 Å².